The van der Waals surface area contributed by atoms with Crippen molar-refractivity contribution >= 4 is 28.5 Å². The molecule has 0 aliphatic carbocycles. The van der Waals surface area contributed by atoms with Crippen LogP contribution in [0.2, 0.25) is 5.02 Å². The lowest BCUT2D eigenvalue weighted by molar-refractivity contribution is 0.612. The number of hydrogen-bond donors (Lipinski definition) is 1. The molecule has 1 aromatic carbocycles. The molecule has 5 nitrogen and oxygen atoms in total. The van der Waals surface area contributed by atoms with Crippen LogP contribution in [0.15, 0.2) is 30.7 Å². The fourth-order valence-corrected chi connectivity index (χ4v) is 2.14. The van der Waals surface area contributed by atoms with E-state index in [4.69, 9.17) is 11.6 Å². The normalized spacial score (nSPS) is 10.9. The predicted octanol–water partition coefficient (Wildman–Crippen LogP) is 2.65. The molecule has 3 aromatic rings. The van der Waals surface area contributed by atoms with E-state index in [2.05, 4.69) is 20.4 Å². The van der Waals surface area contributed by atoms with Gasteiger partial charge in [0.15, 0.2) is 5.65 Å². The first-order valence-corrected chi connectivity index (χ1v) is 5.91. The molecule has 0 aliphatic heterocycles. The van der Waals surface area contributed by atoms with Gasteiger partial charge in [-0.2, -0.15) is 5.10 Å². The third-order valence-electron chi connectivity index (χ3n) is 2.75. The van der Waals surface area contributed by atoms with Crippen molar-refractivity contribution in [3.05, 3.63) is 41.6 Å². The molecule has 0 amide bonds. The van der Waals surface area contributed by atoms with E-state index in [-0.39, 0.29) is 10.7 Å². The standard InChI is InChI=1S/C12H9ClFN5/c1-15-11-7-5-18-19(12(7)17-6-16-11)10-8(13)3-2-4-9(10)14/h2-6H,1H3,(H,15,16,17). The maximum Gasteiger partial charge on any atom is 0.168 e. The maximum absolute atomic E-state index is 13.9. The van der Waals surface area contributed by atoms with Crippen molar-refractivity contribution in [2.24, 2.45) is 0 Å². The minimum absolute atomic E-state index is 0.180. The highest BCUT2D eigenvalue weighted by molar-refractivity contribution is 6.32. The summed E-state index contributed by atoms with van der Waals surface area (Å²) in [5, 5.41) is 8.05. The highest BCUT2D eigenvalue weighted by Gasteiger charge is 2.15. The summed E-state index contributed by atoms with van der Waals surface area (Å²) < 4.78 is 15.3. The summed E-state index contributed by atoms with van der Waals surface area (Å²) >= 11 is 6.04. The Morgan fingerprint density at radius 1 is 1.32 bits per heavy atom. The minimum atomic E-state index is -0.456. The topological polar surface area (TPSA) is 55.6 Å². The summed E-state index contributed by atoms with van der Waals surface area (Å²) in [6.07, 6.45) is 2.96. The number of para-hydroxylation sites is 1. The quantitative estimate of drug-likeness (QED) is 0.782. The largest absolute Gasteiger partial charge is 0.372 e. The highest BCUT2D eigenvalue weighted by atomic mass is 35.5. The molecule has 0 spiro atoms. The van der Waals surface area contributed by atoms with Gasteiger partial charge in [-0.25, -0.2) is 19.0 Å². The predicted molar refractivity (Wildman–Crippen MR) is 71.2 cm³/mol. The second-order valence-electron chi connectivity index (χ2n) is 3.84. The van der Waals surface area contributed by atoms with E-state index in [1.807, 2.05) is 0 Å². The Bertz CT molecular complexity index is 735. The van der Waals surface area contributed by atoms with Crippen molar-refractivity contribution in [1.82, 2.24) is 19.7 Å². The molecule has 96 valence electrons. The van der Waals surface area contributed by atoms with E-state index in [0.717, 1.165) is 0 Å². The van der Waals surface area contributed by atoms with E-state index < -0.39 is 5.82 Å². The van der Waals surface area contributed by atoms with E-state index in [1.54, 1.807) is 25.4 Å². The van der Waals surface area contributed by atoms with Gasteiger partial charge in [0.05, 0.1) is 16.6 Å². The van der Waals surface area contributed by atoms with E-state index in [9.17, 15) is 4.39 Å². The van der Waals surface area contributed by atoms with Crippen LogP contribution in [-0.2, 0) is 0 Å². The number of rotatable bonds is 2. The zero-order chi connectivity index (χ0) is 13.4. The molecular weight excluding hydrogens is 269 g/mol. The lowest BCUT2D eigenvalue weighted by atomic mass is 10.3. The Morgan fingerprint density at radius 3 is 2.89 bits per heavy atom. The van der Waals surface area contributed by atoms with Crippen LogP contribution in [-0.4, -0.2) is 26.8 Å². The van der Waals surface area contributed by atoms with Crippen LogP contribution in [0.1, 0.15) is 0 Å². The van der Waals surface area contributed by atoms with Gasteiger partial charge in [-0.1, -0.05) is 17.7 Å². The monoisotopic (exact) mass is 277 g/mol. The molecule has 2 aromatic heterocycles. The minimum Gasteiger partial charge on any atom is -0.372 e. The van der Waals surface area contributed by atoms with Crippen molar-refractivity contribution in [3.63, 3.8) is 0 Å². The van der Waals surface area contributed by atoms with Gasteiger partial charge < -0.3 is 5.32 Å². The van der Waals surface area contributed by atoms with Crippen LogP contribution in [0.3, 0.4) is 0 Å². The summed E-state index contributed by atoms with van der Waals surface area (Å²) in [6, 6.07) is 4.48. The molecule has 7 heteroatoms. The van der Waals surface area contributed by atoms with Crippen LogP contribution >= 0.6 is 11.6 Å². The van der Waals surface area contributed by atoms with Crippen molar-refractivity contribution in [1.29, 1.82) is 0 Å². The fraction of sp³-hybridized carbons (Fsp3) is 0.0833. The number of aromatic nitrogens is 4. The molecule has 0 atom stereocenters. The van der Waals surface area contributed by atoms with Crippen molar-refractivity contribution in [3.8, 4) is 5.69 Å². The van der Waals surface area contributed by atoms with Gasteiger partial charge in [0.25, 0.3) is 0 Å². The van der Waals surface area contributed by atoms with Crippen LogP contribution in [0.25, 0.3) is 16.7 Å². The SMILES string of the molecule is CNc1ncnc2c1cnn2-c1c(F)cccc1Cl. The zero-order valence-electron chi connectivity index (χ0n) is 9.93. The number of fused-ring (bicyclic) bond motifs is 1. The Morgan fingerprint density at radius 2 is 2.16 bits per heavy atom. The zero-order valence-corrected chi connectivity index (χ0v) is 10.7. The maximum atomic E-state index is 13.9. The van der Waals surface area contributed by atoms with Gasteiger partial charge in [0.2, 0.25) is 0 Å². The van der Waals surface area contributed by atoms with Gasteiger partial charge in [-0.05, 0) is 12.1 Å². The molecule has 1 N–H and O–H groups in total. The second-order valence-corrected chi connectivity index (χ2v) is 4.24. The molecule has 0 unspecified atom stereocenters. The Labute approximate surface area is 113 Å². The van der Waals surface area contributed by atoms with E-state index >= 15 is 0 Å². The van der Waals surface area contributed by atoms with Crippen molar-refractivity contribution in [2.75, 3.05) is 12.4 Å². The first-order valence-electron chi connectivity index (χ1n) is 5.53. The summed E-state index contributed by atoms with van der Waals surface area (Å²) in [4.78, 5) is 8.21. The number of nitrogens with one attached hydrogen (secondary N) is 1. The number of hydrogen-bond acceptors (Lipinski definition) is 4. The fourth-order valence-electron chi connectivity index (χ4n) is 1.90. The van der Waals surface area contributed by atoms with Gasteiger partial charge in [0.1, 0.15) is 23.6 Å². The lowest BCUT2D eigenvalue weighted by Gasteiger charge is -2.06. The molecule has 2 heterocycles. The molecule has 0 radical (unpaired) electrons. The molecule has 3 rings (SSSR count). The second kappa shape index (κ2) is 4.47. The Hall–Kier alpha value is -2.21. The van der Waals surface area contributed by atoms with Gasteiger partial charge in [-0.15, -0.1) is 0 Å². The molecule has 0 fully saturated rings. The summed E-state index contributed by atoms with van der Waals surface area (Å²) in [5.74, 6) is 0.172. The lowest BCUT2D eigenvalue weighted by Crippen LogP contribution is -2.02. The van der Waals surface area contributed by atoms with Crippen molar-refractivity contribution < 1.29 is 4.39 Å². The third kappa shape index (κ3) is 1.80. The molecule has 0 saturated heterocycles. The first-order chi connectivity index (χ1) is 9.22. The average Bonchev–Trinajstić information content (AvgIpc) is 2.82. The molecule has 0 aliphatic rings. The van der Waals surface area contributed by atoms with Crippen LogP contribution in [0.5, 0.6) is 0 Å². The van der Waals surface area contributed by atoms with Crippen molar-refractivity contribution in [2.45, 2.75) is 0 Å². The van der Waals surface area contributed by atoms with Crippen LogP contribution < -0.4 is 5.32 Å². The van der Waals surface area contributed by atoms with Gasteiger partial charge >= 0.3 is 0 Å². The third-order valence-corrected chi connectivity index (χ3v) is 3.06. The average molecular weight is 278 g/mol. The van der Waals surface area contributed by atoms with Crippen LogP contribution in [0, 0.1) is 5.82 Å². The molecule has 19 heavy (non-hydrogen) atoms. The molecular formula is C12H9ClFN5. The van der Waals surface area contributed by atoms with E-state index in [0.29, 0.717) is 16.9 Å². The number of anilines is 1. The number of halogens is 2. The first kappa shape index (κ1) is 11.9. The Balaban J connectivity index is 2.33. The molecule has 0 saturated carbocycles. The summed E-state index contributed by atoms with van der Waals surface area (Å²) in [7, 11) is 1.75. The smallest absolute Gasteiger partial charge is 0.168 e. The number of nitrogens with zero attached hydrogens (tertiary/aromatic N) is 4. The Kier molecular flexibility index (Phi) is 2.79. The summed E-state index contributed by atoms with van der Waals surface area (Å²) in [6.45, 7) is 0. The van der Waals surface area contributed by atoms with Crippen LogP contribution in [0.4, 0.5) is 10.2 Å². The number of benzene rings is 1. The summed E-state index contributed by atoms with van der Waals surface area (Å²) in [5.41, 5.74) is 0.672. The van der Waals surface area contributed by atoms with E-state index in [1.165, 1.54) is 17.1 Å². The highest BCUT2D eigenvalue weighted by Crippen LogP contribution is 2.27. The van der Waals surface area contributed by atoms with Gasteiger partial charge in [-0.3, -0.25) is 0 Å². The van der Waals surface area contributed by atoms with Gasteiger partial charge in [0, 0.05) is 7.05 Å². The molecule has 0 bridgehead atoms.